The molecular formula is C12H15NO4. The predicted octanol–water partition coefficient (Wildman–Crippen LogP) is 0.914. The van der Waals surface area contributed by atoms with Crippen LogP contribution in [0.5, 0.6) is 5.75 Å². The van der Waals surface area contributed by atoms with Gasteiger partial charge in [-0.25, -0.2) is 4.79 Å². The molecule has 1 rings (SSSR count). The average Bonchev–Trinajstić information content (AvgIpc) is 2.30. The largest absolute Gasteiger partial charge is 0.508 e. The van der Waals surface area contributed by atoms with Crippen LogP contribution in [0.15, 0.2) is 24.3 Å². The molecular weight excluding hydrogens is 222 g/mol. The standard InChI is InChI=1S/C12H15NO4/c1-2-11(15)13-10(12(16)17)7-8-3-5-9(14)6-4-8/h3-6,10,14H,2,7H2,1H3,(H,13,15)(H,16,17)/t10-/m0/s1. The minimum Gasteiger partial charge on any atom is -0.508 e. The second-order valence-electron chi connectivity index (χ2n) is 3.68. The fourth-order valence-corrected chi connectivity index (χ4v) is 1.36. The molecule has 1 amide bonds. The smallest absolute Gasteiger partial charge is 0.326 e. The highest BCUT2D eigenvalue weighted by Crippen LogP contribution is 2.11. The number of phenolic OH excluding ortho intramolecular Hbond substituents is 1. The third-order valence-electron chi connectivity index (χ3n) is 2.33. The molecule has 0 aliphatic heterocycles. The van der Waals surface area contributed by atoms with E-state index in [1.807, 2.05) is 0 Å². The van der Waals surface area contributed by atoms with Crippen LogP contribution >= 0.6 is 0 Å². The van der Waals surface area contributed by atoms with E-state index >= 15 is 0 Å². The SMILES string of the molecule is CCC(=O)N[C@@H](Cc1ccc(O)cc1)C(=O)O. The Hall–Kier alpha value is -2.04. The van der Waals surface area contributed by atoms with Gasteiger partial charge in [-0.05, 0) is 17.7 Å². The van der Waals surface area contributed by atoms with E-state index in [4.69, 9.17) is 10.2 Å². The maximum atomic E-state index is 11.2. The molecule has 0 aromatic heterocycles. The number of phenols is 1. The van der Waals surface area contributed by atoms with Gasteiger partial charge in [0.05, 0.1) is 0 Å². The molecule has 17 heavy (non-hydrogen) atoms. The van der Waals surface area contributed by atoms with Gasteiger partial charge in [0.1, 0.15) is 11.8 Å². The number of nitrogens with one attached hydrogen (secondary N) is 1. The number of carboxylic acids is 1. The first-order valence-corrected chi connectivity index (χ1v) is 5.33. The van der Waals surface area contributed by atoms with Crippen LogP contribution in [0.25, 0.3) is 0 Å². The van der Waals surface area contributed by atoms with Gasteiger partial charge in [0.2, 0.25) is 5.91 Å². The van der Waals surface area contributed by atoms with Gasteiger partial charge >= 0.3 is 5.97 Å². The van der Waals surface area contributed by atoms with Crippen molar-refractivity contribution in [2.24, 2.45) is 0 Å². The van der Waals surface area contributed by atoms with Crippen LogP contribution in [0, 0.1) is 0 Å². The van der Waals surface area contributed by atoms with Crippen molar-refractivity contribution in [1.82, 2.24) is 5.32 Å². The second kappa shape index (κ2) is 5.89. The summed E-state index contributed by atoms with van der Waals surface area (Å²) in [6.07, 6.45) is 0.445. The Morgan fingerprint density at radius 3 is 2.35 bits per heavy atom. The van der Waals surface area contributed by atoms with E-state index in [-0.39, 0.29) is 24.5 Å². The lowest BCUT2D eigenvalue weighted by atomic mass is 10.1. The van der Waals surface area contributed by atoms with E-state index in [1.54, 1.807) is 19.1 Å². The van der Waals surface area contributed by atoms with Crippen LogP contribution < -0.4 is 5.32 Å². The molecule has 1 aromatic rings. The van der Waals surface area contributed by atoms with Crippen LogP contribution in [-0.4, -0.2) is 28.1 Å². The predicted molar refractivity (Wildman–Crippen MR) is 61.7 cm³/mol. The third-order valence-corrected chi connectivity index (χ3v) is 2.33. The molecule has 5 nitrogen and oxygen atoms in total. The Morgan fingerprint density at radius 2 is 1.88 bits per heavy atom. The highest BCUT2D eigenvalue weighted by molar-refractivity contribution is 5.83. The van der Waals surface area contributed by atoms with Crippen molar-refractivity contribution < 1.29 is 19.8 Å². The first kappa shape index (κ1) is 13.0. The van der Waals surface area contributed by atoms with Gasteiger partial charge in [-0.1, -0.05) is 19.1 Å². The van der Waals surface area contributed by atoms with Crippen LogP contribution in [0.1, 0.15) is 18.9 Å². The number of aromatic hydroxyl groups is 1. The zero-order chi connectivity index (χ0) is 12.8. The summed E-state index contributed by atoms with van der Waals surface area (Å²) in [4.78, 5) is 22.1. The summed E-state index contributed by atoms with van der Waals surface area (Å²) in [5.74, 6) is -1.24. The van der Waals surface area contributed by atoms with Crippen molar-refractivity contribution in [1.29, 1.82) is 0 Å². The molecule has 0 heterocycles. The van der Waals surface area contributed by atoms with E-state index in [2.05, 4.69) is 5.32 Å². The minimum absolute atomic E-state index is 0.123. The van der Waals surface area contributed by atoms with Crippen molar-refractivity contribution in [2.45, 2.75) is 25.8 Å². The molecule has 0 spiro atoms. The van der Waals surface area contributed by atoms with Gasteiger partial charge in [-0.2, -0.15) is 0 Å². The quantitative estimate of drug-likeness (QED) is 0.710. The van der Waals surface area contributed by atoms with E-state index in [0.717, 1.165) is 5.56 Å². The second-order valence-corrected chi connectivity index (χ2v) is 3.68. The van der Waals surface area contributed by atoms with E-state index in [0.29, 0.717) is 0 Å². The van der Waals surface area contributed by atoms with E-state index in [1.165, 1.54) is 12.1 Å². The van der Waals surface area contributed by atoms with E-state index < -0.39 is 12.0 Å². The first-order valence-electron chi connectivity index (χ1n) is 5.33. The number of hydrogen-bond acceptors (Lipinski definition) is 3. The molecule has 0 fully saturated rings. The number of hydrogen-bond donors (Lipinski definition) is 3. The molecule has 5 heteroatoms. The molecule has 3 N–H and O–H groups in total. The molecule has 1 aromatic carbocycles. The summed E-state index contributed by atoms with van der Waals surface area (Å²) < 4.78 is 0. The summed E-state index contributed by atoms with van der Waals surface area (Å²) in [6, 6.07) is 5.28. The van der Waals surface area contributed by atoms with Crippen LogP contribution in [-0.2, 0) is 16.0 Å². The van der Waals surface area contributed by atoms with Crippen molar-refractivity contribution >= 4 is 11.9 Å². The number of aliphatic carboxylic acids is 1. The summed E-state index contributed by atoms with van der Waals surface area (Å²) >= 11 is 0. The van der Waals surface area contributed by atoms with Crippen LogP contribution in [0.3, 0.4) is 0 Å². The number of benzene rings is 1. The Bertz CT molecular complexity index is 399. The zero-order valence-electron chi connectivity index (χ0n) is 9.51. The highest BCUT2D eigenvalue weighted by atomic mass is 16.4. The van der Waals surface area contributed by atoms with Gasteiger partial charge < -0.3 is 15.5 Å². The van der Waals surface area contributed by atoms with Crippen molar-refractivity contribution in [3.63, 3.8) is 0 Å². The molecule has 0 bridgehead atoms. The molecule has 0 radical (unpaired) electrons. The normalized spacial score (nSPS) is 11.8. The molecule has 0 aliphatic carbocycles. The molecule has 0 saturated heterocycles. The Labute approximate surface area is 99.1 Å². The summed E-state index contributed by atoms with van der Waals surface area (Å²) in [6.45, 7) is 1.66. The number of amides is 1. The summed E-state index contributed by atoms with van der Waals surface area (Å²) in [5, 5.41) is 20.5. The van der Waals surface area contributed by atoms with Gasteiger partial charge in [0.15, 0.2) is 0 Å². The van der Waals surface area contributed by atoms with Gasteiger partial charge in [0, 0.05) is 12.8 Å². The molecule has 0 aliphatic rings. The van der Waals surface area contributed by atoms with Gasteiger partial charge in [0.25, 0.3) is 0 Å². The third kappa shape index (κ3) is 4.14. The minimum atomic E-state index is -1.07. The van der Waals surface area contributed by atoms with Crippen molar-refractivity contribution in [3.05, 3.63) is 29.8 Å². The summed E-state index contributed by atoms with van der Waals surface area (Å²) in [7, 11) is 0. The van der Waals surface area contributed by atoms with Crippen LogP contribution in [0.2, 0.25) is 0 Å². The topological polar surface area (TPSA) is 86.6 Å². The lowest BCUT2D eigenvalue weighted by molar-refractivity contribution is -0.141. The maximum Gasteiger partial charge on any atom is 0.326 e. The lowest BCUT2D eigenvalue weighted by Crippen LogP contribution is -2.42. The lowest BCUT2D eigenvalue weighted by Gasteiger charge is -2.14. The van der Waals surface area contributed by atoms with Crippen molar-refractivity contribution in [2.75, 3.05) is 0 Å². The molecule has 1 atom stereocenters. The molecule has 0 unspecified atom stereocenters. The van der Waals surface area contributed by atoms with Gasteiger partial charge in [-0.15, -0.1) is 0 Å². The number of carbonyl (C=O) groups is 2. The fourth-order valence-electron chi connectivity index (χ4n) is 1.36. The van der Waals surface area contributed by atoms with Crippen molar-refractivity contribution in [3.8, 4) is 5.75 Å². The van der Waals surface area contributed by atoms with Crippen LogP contribution in [0.4, 0.5) is 0 Å². The number of carboxylic acid groups (broad SMARTS) is 1. The fraction of sp³-hybridized carbons (Fsp3) is 0.333. The maximum absolute atomic E-state index is 11.2. The number of rotatable bonds is 5. The Morgan fingerprint density at radius 1 is 1.29 bits per heavy atom. The average molecular weight is 237 g/mol. The van der Waals surface area contributed by atoms with Gasteiger partial charge in [-0.3, -0.25) is 4.79 Å². The Kier molecular flexibility index (Phi) is 4.51. The highest BCUT2D eigenvalue weighted by Gasteiger charge is 2.19. The van der Waals surface area contributed by atoms with E-state index in [9.17, 15) is 9.59 Å². The first-order chi connectivity index (χ1) is 8.02. The summed E-state index contributed by atoms with van der Waals surface area (Å²) in [5.41, 5.74) is 0.742. The monoisotopic (exact) mass is 237 g/mol. The number of carbonyl (C=O) groups excluding carboxylic acids is 1. The Balaban J connectivity index is 2.70. The zero-order valence-corrected chi connectivity index (χ0v) is 9.51. The molecule has 92 valence electrons. The molecule has 0 saturated carbocycles.